The standard InChI is InChI=1S/C10H10ClN3O2/c1-5(2)14-7-3-6(11)4-12-8(7)9(13-14)10(15)16/h3-5H,1-2H3,(H,15,16). The molecule has 0 radical (unpaired) electrons. The average molecular weight is 240 g/mol. The van der Waals surface area contributed by atoms with Crippen molar-refractivity contribution in [3.05, 3.63) is 23.0 Å². The molecule has 0 amide bonds. The van der Waals surface area contributed by atoms with Crippen molar-refractivity contribution in [2.45, 2.75) is 19.9 Å². The summed E-state index contributed by atoms with van der Waals surface area (Å²) < 4.78 is 1.61. The van der Waals surface area contributed by atoms with Crippen LogP contribution in [0.3, 0.4) is 0 Å². The van der Waals surface area contributed by atoms with Crippen LogP contribution in [0.1, 0.15) is 30.4 Å². The van der Waals surface area contributed by atoms with Crippen molar-refractivity contribution in [1.82, 2.24) is 14.8 Å². The van der Waals surface area contributed by atoms with E-state index >= 15 is 0 Å². The van der Waals surface area contributed by atoms with Gasteiger partial charge in [-0.25, -0.2) is 4.79 Å². The Balaban J connectivity index is 2.81. The van der Waals surface area contributed by atoms with Crippen LogP contribution in [0.5, 0.6) is 0 Å². The molecule has 0 unspecified atom stereocenters. The van der Waals surface area contributed by atoms with Gasteiger partial charge in [-0.3, -0.25) is 9.67 Å². The van der Waals surface area contributed by atoms with E-state index in [0.717, 1.165) is 0 Å². The number of fused-ring (bicyclic) bond motifs is 1. The van der Waals surface area contributed by atoms with Crippen LogP contribution in [0.2, 0.25) is 5.02 Å². The number of rotatable bonds is 2. The summed E-state index contributed by atoms with van der Waals surface area (Å²) in [7, 11) is 0. The predicted molar refractivity (Wildman–Crippen MR) is 59.9 cm³/mol. The molecule has 16 heavy (non-hydrogen) atoms. The first kappa shape index (κ1) is 10.9. The van der Waals surface area contributed by atoms with E-state index in [9.17, 15) is 4.79 Å². The van der Waals surface area contributed by atoms with Gasteiger partial charge in [0.1, 0.15) is 5.52 Å². The van der Waals surface area contributed by atoms with Crippen molar-refractivity contribution < 1.29 is 9.90 Å². The highest BCUT2D eigenvalue weighted by Crippen LogP contribution is 2.22. The summed E-state index contributed by atoms with van der Waals surface area (Å²) in [5.74, 6) is -1.08. The lowest BCUT2D eigenvalue weighted by atomic mass is 10.3. The van der Waals surface area contributed by atoms with Gasteiger partial charge in [-0.1, -0.05) is 11.6 Å². The number of hydrogen-bond acceptors (Lipinski definition) is 3. The van der Waals surface area contributed by atoms with Gasteiger partial charge < -0.3 is 5.11 Å². The molecule has 0 aliphatic heterocycles. The van der Waals surface area contributed by atoms with Crippen LogP contribution in [0, 0.1) is 0 Å². The van der Waals surface area contributed by atoms with E-state index in [0.29, 0.717) is 16.1 Å². The maximum absolute atomic E-state index is 11.0. The topological polar surface area (TPSA) is 68.0 Å². The average Bonchev–Trinajstić information content (AvgIpc) is 2.56. The Morgan fingerprint density at radius 3 is 2.81 bits per heavy atom. The van der Waals surface area contributed by atoms with Crippen LogP contribution in [-0.2, 0) is 0 Å². The minimum absolute atomic E-state index is 0.0413. The Bertz CT molecular complexity index is 562. The molecule has 1 N–H and O–H groups in total. The summed E-state index contributed by atoms with van der Waals surface area (Å²) in [6, 6.07) is 1.72. The van der Waals surface area contributed by atoms with E-state index < -0.39 is 5.97 Å². The third-order valence-corrected chi connectivity index (χ3v) is 2.41. The van der Waals surface area contributed by atoms with Gasteiger partial charge in [0.05, 0.1) is 10.5 Å². The van der Waals surface area contributed by atoms with Crippen LogP contribution in [0.25, 0.3) is 11.0 Å². The Morgan fingerprint density at radius 1 is 1.56 bits per heavy atom. The second-order valence-electron chi connectivity index (χ2n) is 3.71. The number of carbonyl (C=O) groups is 1. The maximum Gasteiger partial charge on any atom is 0.358 e. The normalized spacial score (nSPS) is 11.2. The fourth-order valence-electron chi connectivity index (χ4n) is 1.53. The molecular weight excluding hydrogens is 230 g/mol. The van der Waals surface area contributed by atoms with Crippen LogP contribution in [-0.4, -0.2) is 25.8 Å². The smallest absolute Gasteiger partial charge is 0.358 e. The predicted octanol–water partition coefficient (Wildman–Crippen LogP) is 2.36. The first-order chi connectivity index (χ1) is 7.50. The van der Waals surface area contributed by atoms with Gasteiger partial charge in [0.15, 0.2) is 5.69 Å². The highest BCUT2D eigenvalue weighted by Gasteiger charge is 2.18. The molecule has 2 aromatic heterocycles. The Hall–Kier alpha value is -1.62. The van der Waals surface area contributed by atoms with Crippen molar-refractivity contribution in [1.29, 1.82) is 0 Å². The molecule has 0 aliphatic carbocycles. The lowest BCUT2D eigenvalue weighted by molar-refractivity contribution is 0.0691. The lowest BCUT2D eigenvalue weighted by Crippen LogP contribution is -2.05. The van der Waals surface area contributed by atoms with E-state index in [-0.39, 0.29) is 11.7 Å². The molecule has 0 atom stereocenters. The number of aromatic nitrogens is 3. The molecule has 2 aromatic rings. The van der Waals surface area contributed by atoms with Crippen molar-refractivity contribution >= 4 is 28.6 Å². The van der Waals surface area contributed by atoms with Gasteiger partial charge in [0.25, 0.3) is 0 Å². The molecule has 5 nitrogen and oxygen atoms in total. The quantitative estimate of drug-likeness (QED) is 0.874. The molecule has 2 rings (SSSR count). The highest BCUT2D eigenvalue weighted by atomic mass is 35.5. The van der Waals surface area contributed by atoms with E-state index in [1.165, 1.54) is 6.20 Å². The Morgan fingerprint density at radius 2 is 2.25 bits per heavy atom. The molecule has 84 valence electrons. The molecule has 0 aromatic carbocycles. The second-order valence-corrected chi connectivity index (χ2v) is 4.15. The molecule has 0 fully saturated rings. The third-order valence-electron chi connectivity index (χ3n) is 2.20. The van der Waals surface area contributed by atoms with E-state index in [1.807, 2.05) is 13.8 Å². The molecule has 0 saturated carbocycles. The summed E-state index contributed by atoms with van der Waals surface area (Å²) in [5.41, 5.74) is 0.964. The minimum Gasteiger partial charge on any atom is -0.476 e. The third kappa shape index (κ3) is 1.63. The van der Waals surface area contributed by atoms with Gasteiger partial charge in [-0.15, -0.1) is 0 Å². The largest absolute Gasteiger partial charge is 0.476 e. The number of halogens is 1. The monoisotopic (exact) mass is 239 g/mol. The molecule has 0 saturated heterocycles. The zero-order valence-electron chi connectivity index (χ0n) is 8.81. The number of hydrogen-bond donors (Lipinski definition) is 1. The van der Waals surface area contributed by atoms with Gasteiger partial charge in [-0.05, 0) is 19.9 Å². The van der Waals surface area contributed by atoms with E-state index in [4.69, 9.17) is 16.7 Å². The number of aromatic carboxylic acids is 1. The fraction of sp³-hybridized carbons (Fsp3) is 0.300. The number of pyridine rings is 1. The Labute approximate surface area is 96.7 Å². The number of nitrogens with zero attached hydrogens (tertiary/aromatic N) is 3. The second kappa shape index (κ2) is 3.75. The van der Waals surface area contributed by atoms with E-state index in [2.05, 4.69) is 10.1 Å². The molecule has 0 aliphatic rings. The van der Waals surface area contributed by atoms with Crippen LogP contribution in [0.15, 0.2) is 12.3 Å². The SMILES string of the molecule is CC(C)n1nc(C(=O)O)c2ncc(Cl)cc21. The van der Waals surface area contributed by atoms with Crippen molar-refractivity contribution in [3.63, 3.8) is 0 Å². The summed E-state index contributed by atoms with van der Waals surface area (Å²) in [5, 5.41) is 13.5. The molecule has 0 spiro atoms. The van der Waals surface area contributed by atoms with Gasteiger partial charge in [-0.2, -0.15) is 5.10 Å². The van der Waals surface area contributed by atoms with Crippen LogP contribution in [0.4, 0.5) is 0 Å². The number of carboxylic acids is 1. The summed E-state index contributed by atoms with van der Waals surface area (Å²) in [4.78, 5) is 15.0. The van der Waals surface area contributed by atoms with Crippen molar-refractivity contribution in [3.8, 4) is 0 Å². The number of carboxylic acid groups (broad SMARTS) is 1. The molecule has 6 heteroatoms. The zero-order valence-corrected chi connectivity index (χ0v) is 9.56. The summed E-state index contributed by atoms with van der Waals surface area (Å²) >= 11 is 5.83. The molecular formula is C10H10ClN3O2. The highest BCUT2D eigenvalue weighted by molar-refractivity contribution is 6.31. The van der Waals surface area contributed by atoms with Crippen molar-refractivity contribution in [2.75, 3.05) is 0 Å². The summed E-state index contributed by atoms with van der Waals surface area (Å²) in [6.07, 6.45) is 1.42. The van der Waals surface area contributed by atoms with Crippen LogP contribution < -0.4 is 0 Å². The fourth-order valence-corrected chi connectivity index (χ4v) is 1.68. The molecule has 0 bridgehead atoms. The van der Waals surface area contributed by atoms with Crippen molar-refractivity contribution in [2.24, 2.45) is 0 Å². The maximum atomic E-state index is 11.0. The van der Waals surface area contributed by atoms with Gasteiger partial charge in [0.2, 0.25) is 0 Å². The van der Waals surface area contributed by atoms with Gasteiger partial charge in [0, 0.05) is 12.2 Å². The minimum atomic E-state index is -1.08. The van der Waals surface area contributed by atoms with Gasteiger partial charge >= 0.3 is 5.97 Å². The van der Waals surface area contributed by atoms with E-state index in [1.54, 1.807) is 10.7 Å². The first-order valence-electron chi connectivity index (χ1n) is 4.77. The van der Waals surface area contributed by atoms with Crippen LogP contribution >= 0.6 is 11.6 Å². The zero-order chi connectivity index (χ0) is 11.9. The Kier molecular flexibility index (Phi) is 2.55. The first-order valence-corrected chi connectivity index (χ1v) is 5.15. The lowest BCUT2D eigenvalue weighted by Gasteiger charge is -2.05. The molecule has 2 heterocycles. The summed E-state index contributed by atoms with van der Waals surface area (Å²) in [6.45, 7) is 3.83.